The quantitative estimate of drug-likeness (QED) is 0.153. The average molecular weight is 466 g/mol. The molecule has 1 unspecified atom stereocenters. The summed E-state index contributed by atoms with van der Waals surface area (Å²) >= 11 is 0. The summed E-state index contributed by atoms with van der Waals surface area (Å²) in [5.74, 6) is -0.216. The van der Waals surface area contributed by atoms with Crippen LogP contribution >= 0.6 is 0 Å². The standard InChI is InChI=1S/C23H44O6S.H3N/c1-3-5-6-7-8-9-10-11-12-13-14-15-16-17-18-19-22(25)23(4-2)29-30(26,27)28-21-20-24;/h11-12,23-24H,3-10,13-21H2,1-2H3;1H3/b12-11-;. The summed E-state index contributed by atoms with van der Waals surface area (Å²) in [4.78, 5) is 12.2. The minimum Gasteiger partial charge on any atom is -0.394 e. The van der Waals surface area contributed by atoms with Crippen LogP contribution in [0.15, 0.2) is 12.2 Å². The zero-order valence-electron chi connectivity index (χ0n) is 19.9. The Balaban J connectivity index is 0. The Morgan fingerprint density at radius 3 is 1.90 bits per heavy atom. The minimum atomic E-state index is -4.25. The number of carbonyl (C=O) groups excluding carboxylic acids is 1. The van der Waals surface area contributed by atoms with Gasteiger partial charge in [0.25, 0.3) is 0 Å². The lowest BCUT2D eigenvalue weighted by Crippen LogP contribution is -2.28. The molecule has 0 spiro atoms. The number of carbonyl (C=O) groups is 1. The maximum atomic E-state index is 12.2. The predicted octanol–water partition coefficient (Wildman–Crippen LogP) is 5.80. The number of Topliss-reactive ketones (excluding diaryl/α,β-unsaturated/α-hetero) is 1. The fourth-order valence-electron chi connectivity index (χ4n) is 3.19. The number of allylic oxidation sites excluding steroid dienone is 2. The number of hydrogen-bond donors (Lipinski definition) is 2. The Kier molecular flexibility index (Phi) is 23.4. The van der Waals surface area contributed by atoms with E-state index >= 15 is 0 Å². The van der Waals surface area contributed by atoms with Gasteiger partial charge in [-0.05, 0) is 38.5 Å². The molecule has 7 nitrogen and oxygen atoms in total. The van der Waals surface area contributed by atoms with Crippen molar-refractivity contribution in [2.75, 3.05) is 13.2 Å². The monoisotopic (exact) mass is 465 g/mol. The number of aliphatic hydroxyl groups is 1. The summed E-state index contributed by atoms with van der Waals surface area (Å²) in [7, 11) is -4.25. The molecule has 0 bridgehead atoms. The van der Waals surface area contributed by atoms with Gasteiger partial charge >= 0.3 is 10.4 Å². The van der Waals surface area contributed by atoms with Gasteiger partial charge in [-0.15, -0.1) is 0 Å². The minimum absolute atomic E-state index is 0. The number of ketones is 1. The highest BCUT2D eigenvalue weighted by Crippen LogP contribution is 2.13. The summed E-state index contributed by atoms with van der Waals surface area (Å²) in [5.41, 5.74) is 0. The summed E-state index contributed by atoms with van der Waals surface area (Å²) in [5, 5.41) is 8.62. The van der Waals surface area contributed by atoms with Gasteiger partial charge in [0.15, 0.2) is 5.78 Å². The van der Waals surface area contributed by atoms with Crippen molar-refractivity contribution in [1.82, 2.24) is 6.15 Å². The van der Waals surface area contributed by atoms with Crippen LogP contribution < -0.4 is 6.15 Å². The van der Waals surface area contributed by atoms with Crippen molar-refractivity contribution in [3.8, 4) is 0 Å². The highest BCUT2D eigenvalue weighted by Gasteiger charge is 2.24. The second-order valence-corrected chi connectivity index (χ2v) is 8.99. The Hall–Kier alpha value is -0.800. The summed E-state index contributed by atoms with van der Waals surface area (Å²) in [6.45, 7) is 3.14. The lowest BCUT2D eigenvalue weighted by molar-refractivity contribution is -0.126. The van der Waals surface area contributed by atoms with Crippen LogP contribution in [0.4, 0.5) is 0 Å². The first kappa shape index (κ1) is 32.4. The van der Waals surface area contributed by atoms with Gasteiger partial charge in [0.2, 0.25) is 0 Å². The highest BCUT2D eigenvalue weighted by atomic mass is 32.3. The average Bonchev–Trinajstić information content (AvgIpc) is 2.73. The molecule has 0 saturated carbocycles. The zero-order chi connectivity index (χ0) is 22.5. The van der Waals surface area contributed by atoms with Crippen LogP contribution in [-0.2, 0) is 23.6 Å². The largest absolute Gasteiger partial charge is 0.400 e. The van der Waals surface area contributed by atoms with Crippen LogP contribution in [0.3, 0.4) is 0 Å². The Bertz CT molecular complexity index is 536. The van der Waals surface area contributed by atoms with Crippen LogP contribution in [0, 0.1) is 0 Å². The van der Waals surface area contributed by atoms with Crippen LogP contribution in [0.25, 0.3) is 0 Å². The molecule has 0 aliphatic carbocycles. The first-order valence-electron chi connectivity index (χ1n) is 11.8. The van der Waals surface area contributed by atoms with Crippen molar-refractivity contribution >= 4 is 16.2 Å². The maximum absolute atomic E-state index is 12.2. The van der Waals surface area contributed by atoms with Gasteiger partial charge in [-0.25, -0.2) is 8.37 Å². The summed E-state index contributed by atoms with van der Waals surface area (Å²) in [6.07, 6.45) is 19.6. The second-order valence-electron chi connectivity index (χ2n) is 7.75. The number of hydrogen-bond acceptors (Lipinski definition) is 7. The molecule has 0 heterocycles. The second kappa shape index (κ2) is 22.4. The summed E-state index contributed by atoms with van der Waals surface area (Å²) in [6, 6.07) is 0. The van der Waals surface area contributed by atoms with E-state index in [0.717, 1.165) is 32.1 Å². The third-order valence-electron chi connectivity index (χ3n) is 4.97. The molecule has 8 heteroatoms. The molecule has 0 aromatic rings. The highest BCUT2D eigenvalue weighted by molar-refractivity contribution is 7.81. The molecule has 0 aliphatic heterocycles. The van der Waals surface area contributed by atoms with E-state index < -0.39 is 23.1 Å². The first-order valence-corrected chi connectivity index (χ1v) is 13.2. The van der Waals surface area contributed by atoms with Crippen LogP contribution in [0.2, 0.25) is 0 Å². The van der Waals surface area contributed by atoms with Crippen molar-refractivity contribution in [2.45, 2.75) is 116 Å². The molecular weight excluding hydrogens is 418 g/mol. The van der Waals surface area contributed by atoms with Crippen molar-refractivity contribution < 1.29 is 26.7 Å². The molecule has 4 N–H and O–H groups in total. The van der Waals surface area contributed by atoms with Crippen LogP contribution in [-0.4, -0.2) is 38.6 Å². The number of aliphatic hydroxyl groups excluding tert-OH is 1. The Morgan fingerprint density at radius 2 is 1.39 bits per heavy atom. The molecule has 0 aromatic heterocycles. The van der Waals surface area contributed by atoms with Gasteiger partial charge in [-0.2, -0.15) is 8.42 Å². The van der Waals surface area contributed by atoms with E-state index in [1.807, 2.05) is 0 Å². The van der Waals surface area contributed by atoms with E-state index in [-0.39, 0.29) is 25.0 Å². The zero-order valence-corrected chi connectivity index (χ0v) is 20.7. The molecule has 0 fully saturated rings. The first-order chi connectivity index (χ1) is 14.5. The van der Waals surface area contributed by atoms with Crippen molar-refractivity contribution in [3.05, 3.63) is 12.2 Å². The van der Waals surface area contributed by atoms with E-state index in [1.54, 1.807) is 6.92 Å². The topological polar surface area (TPSA) is 125 Å². The van der Waals surface area contributed by atoms with Gasteiger partial charge < -0.3 is 11.3 Å². The van der Waals surface area contributed by atoms with Crippen LogP contribution in [0.1, 0.15) is 110 Å². The maximum Gasteiger partial charge on any atom is 0.400 e. The van der Waals surface area contributed by atoms with Crippen LogP contribution in [0.5, 0.6) is 0 Å². The van der Waals surface area contributed by atoms with Gasteiger partial charge in [0.05, 0.1) is 13.2 Å². The molecule has 0 aromatic carbocycles. The number of rotatable bonds is 22. The van der Waals surface area contributed by atoms with Gasteiger partial charge in [0.1, 0.15) is 6.10 Å². The van der Waals surface area contributed by atoms with E-state index in [1.165, 1.54) is 51.4 Å². The molecule has 1 atom stereocenters. The molecule has 31 heavy (non-hydrogen) atoms. The molecule has 0 radical (unpaired) electrons. The fraction of sp³-hybridized carbons (Fsp3) is 0.870. The fourth-order valence-corrected chi connectivity index (χ4v) is 4.05. The van der Waals surface area contributed by atoms with E-state index in [9.17, 15) is 13.2 Å². The van der Waals surface area contributed by atoms with Crippen molar-refractivity contribution in [3.63, 3.8) is 0 Å². The molecule has 0 rings (SSSR count). The molecule has 0 aliphatic rings. The summed E-state index contributed by atoms with van der Waals surface area (Å²) < 4.78 is 32.4. The SMILES string of the molecule is CCCCCCCC/C=C\CCCCCCCC(=O)C(CC)OS(=O)(=O)OCCO.N. The smallest absolute Gasteiger partial charge is 0.394 e. The third-order valence-corrected chi connectivity index (χ3v) is 5.89. The van der Waals surface area contributed by atoms with E-state index in [2.05, 4.69) is 23.3 Å². The van der Waals surface area contributed by atoms with Gasteiger partial charge in [0, 0.05) is 6.42 Å². The molecule has 0 saturated heterocycles. The Morgan fingerprint density at radius 1 is 0.871 bits per heavy atom. The van der Waals surface area contributed by atoms with E-state index in [4.69, 9.17) is 9.29 Å². The normalized spacial score (nSPS) is 12.7. The molecular formula is C23H47NO6S. The van der Waals surface area contributed by atoms with Crippen molar-refractivity contribution in [1.29, 1.82) is 0 Å². The van der Waals surface area contributed by atoms with Gasteiger partial charge in [-0.3, -0.25) is 4.79 Å². The number of unbranched alkanes of at least 4 members (excludes halogenated alkanes) is 11. The predicted molar refractivity (Wildman–Crippen MR) is 127 cm³/mol. The molecule has 186 valence electrons. The van der Waals surface area contributed by atoms with Crippen molar-refractivity contribution in [2.24, 2.45) is 0 Å². The molecule has 0 amide bonds. The third kappa shape index (κ3) is 20.8. The lowest BCUT2D eigenvalue weighted by Gasteiger charge is -2.14. The van der Waals surface area contributed by atoms with Gasteiger partial charge in [-0.1, -0.05) is 77.4 Å². The lowest BCUT2D eigenvalue weighted by atomic mass is 10.0. The van der Waals surface area contributed by atoms with E-state index in [0.29, 0.717) is 6.42 Å². The Labute approximate surface area is 190 Å².